The molecule has 2 aromatic rings. The van der Waals surface area contributed by atoms with E-state index in [2.05, 4.69) is 5.32 Å². The van der Waals surface area contributed by atoms with Gasteiger partial charge in [-0.3, -0.25) is 14.4 Å². The number of Topliss-reactive ketones (excluding diaryl/α,β-unsaturated/α-hetero) is 1. The summed E-state index contributed by atoms with van der Waals surface area (Å²) < 4.78 is 43.4. The molecule has 0 unspecified atom stereocenters. The maximum Gasteiger partial charge on any atom is 0.247 e. The Morgan fingerprint density at radius 3 is 2.45 bits per heavy atom. The van der Waals surface area contributed by atoms with Crippen LogP contribution in [0, 0.1) is 0 Å². The molecular formula is C29H34N2O8S. The number of nitrogens with one attached hydrogen (secondary N) is 1. The fourth-order valence-electron chi connectivity index (χ4n) is 5.62. The molecule has 0 radical (unpaired) electrons. The van der Waals surface area contributed by atoms with Crippen molar-refractivity contribution in [1.82, 2.24) is 10.2 Å². The first-order valence-corrected chi connectivity index (χ1v) is 15.2. The summed E-state index contributed by atoms with van der Waals surface area (Å²) in [4.78, 5) is 42.3. The first kappa shape index (κ1) is 28.3. The first-order valence-electron chi connectivity index (χ1n) is 13.6. The molecule has 0 aromatic heterocycles. The van der Waals surface area contributed by atoms with Gasteiger partial charge < -0.3 is 24.4 Å². The molecule has 10 nitrogen and oxygen atoms in total. The van der Waals surface area contributed by atoms with E-state index in [-0.39, 0.29) is 35.8 Å². The van der Waals surface area contributed by atoms with E-state index in [1.807, 2.05) is 0 Å². The van der Waals surface area contributed by atoms with Gasteiger partial charge in [-0.2, -0.15) is 0 Å². The van der Waals surface area contributed by atoms with Gasteiger partial charge in [0.2, 0.25) is 11.8 Å². The number of carbonyl (C=O) groups is 3. The highest BCUT2D eigenvalue weighted by atomic mass is 32.2. The topological polar surface area (TPSA) is 128 Å². The van der Waals surface area contributed by atoms with Crippen molar-refractivity contribution in [2.75, 3.05) is 33.4 Å². The number of ketones is 1. The van der Waals surface area contributed by atoms with Crippen LogP contribution in [0.5, 0.6) is 5.75 Å². The number of ether oxygens (including phenoxy) is 3. The highest BCUT2D eigenvalue weighted by Gasteiger charge is 2.47. The highest BCUT2D eigenvalue weighted by molar-refractivity contribution is 7.93. The lowest BCUT2D eigenvalue weighted by Crippen LogP contribution is -2.49. The van der Waals surface area contributed by atoms with Crippen LogP contribution in [0.15, 0.2) is 53.4 Å². The van der Waals surface area contributed by atoms with E-state index >= 15 is 0 Å². The molecule has 2 saturated heterocycles. The van der Waals surface area contributed by atoms with Gasteiger partial charge in [0.05, 0.1) is 30.6 Å². The second-order valence-corrected chi connectivity index (χ2v) is 12.4. The molecule has 0 spiro atoms. The van der Waals surface area contributed by atoms with Crippen LogP contribution in [0.3, 0.4) is 0 Å². The standard InChI is InChI=1S/C29H34N2O8S/c1-37-20-8-4-7-19(15-20)27(29(34)30-17-21-9-5-13-38-21)31(18-22-10-6-14-39-22)26(32)16-25-28(33)23-11-2-3-12-24(23)40(25,35)36/h2-4,7-8,11-12,15,21-22,25,27H,5-6,9-10,13-14,16-18H2,1H3,(H,30,34)/t21-,22+,25-,27-/m1/s1. The quantitative estimate of drug-likeness (QED) is 0.462. The Hall–Kier alpha value is -3.28. The van der Waals surface area contributed by atoms with E-state index in [1.165, 1.54) is 24.1 Å². The van der Waals surface area contributed by atoms with Gasteiger partial charge in [0.1, 0.15) is 17.0 Å². The average molecular weight is 571 g/mol. The van der Waals surface area contributed by atoms with Crippen molar-refractivity contribution in [2.24, 2.45) is 0 Å². The van der Waals surface area contributed by atoms with Crippen molar-refractivity contribution in [2.45, 2.75) is 60.5 Å². The number of benzene rings is 2. The molecule has 11 heteroatoms. The molecule has 3 heterocycles. The van der Waals surface area contributed by atoms with Gasteiger partial charge in [0.15, 0.2) is 15.6 Å². The third-order valence-electron chi connectivity index (χ3n) is 7.73. The summed E-state index contributed by atoms with van der Waals surface area (Å²) in [5, 5.41) is 1.38. The second-order valence-electron chi connectivity index (χ2n) is 10.3. The van der Waals surface area contributed by atoms with Crippen molar-refractivity contribution >= 4 is 27.4 Å². The molecule has 40 heavy (non-hydrogen) atoms. The summed E-state index contributed by atoms with van der Waals surface area (Å²) in [6, 6.07) is 11.8. The fraction of sp³-hybridized carbons (Fsp3) is 0.483. The Kier molecular flexibility index (Phi) is 8.53. The summed E-state index contributed by atoms with van der Waals surface area (Å²) in [5.74, 6) is -1.16. The smallest absolute Gasteiger partial charge is 0.247 e. The minimum atomic E-state index is -4.06. The van der Waals surface area contributed by atoms with Crippen LogP contribution in [0.25, 0.3) is 0 Å². The van der Waals surface area contributed by atoms with Crippen LogP contribution >= 0.6 is 0 Å². The molecule has 214 valence electrons. The normalized spacial score (nSPS) is 23.9. The molecule has 2 aromatic carbocycles. The molecule has 0 aliphatic carbocycles. The Bertz CT molecular complexity index is 1370. The zero-order chi connectivity index (χ0) is 28.3. The summed E-state index contributed by atoms with van der Waals surface area (Å²) in [7, 11) is -2.55. The van der Waals surface area contributed by atoms with Crippen molar-refractivity contribution in [3.63, 3.8) is 0 Å². The second kappa shape index (κ2) is 12.1. The Balaban J connectivity index is 1.47. The van der Waals surface area contributed by atoms with Gasteiger partial charge in [-0.15, -0.1) is 0 Å². The lowest BCUT2D eigenvalue weighted by molar-refractivity contribution is -0.142. The van der Waals surface area contributed by atoms with E-state index in [0.29, 0.717) is 30.9 Å². The van der Waals surface area contributed by atoms with Crippen LogP contribution in [0.2, 0.25) is 0 Å². The van der Waals surface area contributed by atoms with Crippen LogP contribution in [-0.2, 0) is 28.9 Å². The minimum Gasteiger partial charge on any atom is -0.497 e. The zero-order valence-electron chi connectivity index (χ0n) is 22.4. The van der Waals surface area contributed by atoms with E-state index in [9.17, 15) is 22.8 Å². The maximum atomic E-state index is 14.0. The Morgan fingerprint density at radius 2 is 1.77 bits per heavy atom. The van der Waals surface area contributed by atoms with Crippen LogP contribution in [0.1, 0.15) is 54.1 Å². The van der Waals surface area contributed by atoms with Crippen molar-refractivity contribution in [3.05, 3.63) is 59.7 Å². The van der Waals surface area contributed by atoms with Gasteiger partial charge >= 0.3 is 0 Å². The maximum absolute atomic E-state index is 14.0. The average Bonchev–Trinajstić information content (AvgIpc) is 3.71. The van der Waals surface area contributed by atoms with Gasteiger partial charge in [-0.25, -0.2) is 8.42 Å². The summed E-state index contributed by atoms with van der Waals surface area (Å²) in [6.07, 6.45) is 2.22. The van der Waals surface area contributed by atoms with Gasteiger partial charge in [0.25, 0.3) is 0 Å². The number of fused-ring (bicyclic) bond motifs is 1. The third-order valence-corrected chi connectivity index (χ3v) is 9.83. The van der Waals surface area contributed by atoms with Gasteiger partial charge in [0, 0.05) is 31.9 Å². The number of hydrogen-bond donors (Lipinski definition) is 1. The number of sulfone groups is 1. The van der Waals surface area contributed by atoms with Gasteiger partial charge in [-0.05, 0) is 49.4 Å². The van der Waals surface area contributed by atoms with Crippen LogP contribution in [-0.4, -0.2) is 81.8 Å². The summed E-state index contributed by atoms with van der Waals surface area (Å²) in [5.41, 5.74) is 0.587. The lowest BCUT2D eigenvalue weighted by Gasteiger charge is -2.34. The molecule has 4 atom stereocenters. The largest absolute Gasteiger partial charge is 0.497 e. The Labute approximate surface area is 233 Å². The number of hydrogen-bond acceptors (Lipinski definition) is 8. The van der Waals surface area contributed by atoms with Crippen molar-refractivity contribution < 1.29 is 37.0 Å². The van der Waals surface area contributed by atoms with Crippen molar-refractivity contribution in [3.8, 4) is 5.75 Å². The van der Waals surface area contributed by atoms with E-state index in [4.69, 9.17) is 14.2 Å². The van der Waals surface area contributed by atoms with E-state index in [1.54, 1.807) is 36.4 Å². The third kappa shape index (κ3) is 5.77. The van der Waals surface area contributed by atoms with E-state index < -0.39 is 45.1 Å². The fourth-order valence-corrected chi connectivity index (χ4v) is 7.44. The van der Waals surface area contributed by atoms with Gasteiger partial charge in [-0.1, -0.05) is 30.3 Å². The number of carbonyl (C=O) groups excluding carboxylic acids is 3. The number of methoxy groups -OCH3 is 1. The zero-order valence-corrected chi connectivity index (χ0v) is 23.2. The van der Waals surface area contributed by atoms with Crippen LogP contribution in [0.4, 0.5) is 0 Å². The first-order chi connectivity index (χ1) is 19.3. The molecule has 0 bridgehead atoms. The summed E-state index contributed by atoms with van der Waals surface area (Å²) >= 11 is 0. The molecule has 3 aliphatic rings. The minimum absolute atomic E-state index is 0.0675. The number of nitrogens with zero attached hydrogens (tertiary/aromatic N) is 1. The van der Waals surface area contributed by atoms with Crippen molar-refractivity contribution in [1.29, 1.82) is 0 Å². The lowest BCUT2D eigenvalue weighted by atomic mass is 10.0. The molecule has 0 saturated carbocycles. The van der Waals surface area contributed by atoms with E-state index in [0.717, 1.165) is 19.3 Å². The molecule has 1 N–H and O–H groups in total. The summed E-state index contributed by atoms with van der Waals surface area (Å²) in [6.45, 7) is 1.52. The Morgan fingerprint density at radius 1 is 1.05 bits per heavy atom. The molecule has 5 rings (SSSR count). The SMILES string of the molecule is COc1cccc([C@H](C(=O)NC[C@H]2CCCO2)N(C[C@@H]2CCCO2)C(=O)C[C@@H]2C(=O)c3ccccc3S2(=O)=O)c1. The molecular weight excluding hydrogens is 536 g/mol. The van der Waals surface area contributed by atoms with Crippen LogP contribution < -0.4 is 10.1 Å². The molecule has 2 amide bonds. The molecule has 2 fully saturated rings. The predicted molar refractivity (Wildman–Crippen MR) is 145 cm³/mol. The predicted octanol–water partition coefficient (Wildman–Crippen LogP) is 2.47. The number of amides is 2. The monoisotopic (exact) mass is 570 g/mol. The highest BCUT2D eigenvalue weighted by Crippen LogP contribution is 2.35. The number of rotatable bonds is 10. The molecule has 3 aliphatic heterocycles.